The van der Waals surface area contributed by atoms with Gasteiger partial charge in [0, 0.05) is 18.3 Å². The fraction of sp³-hybridized carbons (Fsp3) is 0.250. The second kappa shape index (κ2) is 4.64. The number of rotatable bonds is 4. The maximum absolute atomic E-state index is 5.38. The van der Waals surface area contributed by atoms with E-state index < -0.39 is 0 Å². The van der Waals surface area contributed by atoms with E-state index in [1.165, 1.54) is 5.56 Å². The molecule has 3 heteroatoms. The first-order valence-electron chi connectivity index (χ1n) is 5.07. The smallest absolute Gasteiger partial charge is 0.119 e. The standard InChI is InChI=1S/C12H14N2O/c1-2-15-12-5-3-10(4-6-12)7-11-8-13-9-14-11/h3-6,8-9H,2,7H2,1H3,(H,13,14). The van der Waals surface area contributed by atoms with Crippen LogP contribution in [0.15, 0.2) is 36.8 Å². The molecule has 0 aliphatic carbocycles. The minimum Gasteiger partial charge on any atom is -0.494 e. The van der Waals surface area contributed by atoms with Crippen LogP contribution in [0.5, 0.6) is 5.75 Å². The Bertz CT molecular complexity index is 392. The summed E-state index contributed by atoms with van der Waals surface area (Å²) < 4.78 is 5.38. The minimum absolute atomic E-state index is 0.708. The molecule has 78 valence electrons. The van der Waals surface area contributed by atoms with Crippen LogP contribution in [-0.2, 0) is 6.42 Å². The van der Waals surface area contributed by atoms with E-state index in [1.807, 2.05) is 25.3 Å². The van der Waals surface area contributed by atoms with Gasteiger partial charge in [-0.25, -0.2) is 4.98 Å². The van der Waals surface area contributed by atoms with E-state index in [-0.39, 0.29) is 0 Å². The molecule has 0 spiro atoms. The number of nitrogens with one attached hydrogen (secondary N) is 1. The molecule has 0 atom stereocenters. The van der Waals surface area contributed by atoms with E-state index in [0.29, 0.717) is 6.61 Å². The lowest BCUT2D eigenvalue weighted by molar-refractivity contribution is 0.340. The Kier molecular flexibility index (Phi) is 3.02. The molecule has 15 heavy (non-hydrogen) atoms. The Morgan fingerprint density at radius 3 is 2.67 bits per heavy atom. The normalized spacial score (nSPS) is 10.2. The van der Waals surface area contributed by atoms with Crippen molar-refractivity contribution in [3.8, 4) is 5.75 Å². The molecule has 1 heterocycles. The van der Waals surface area contributed by atoms with E-state index in [2.05, 4.69) is 22.1 Å². The van der Waals surface area contributed by atoms with Crippen LogP contribution in [0.1, 0.15) is 18.2 Å². The third-order valence-electron chi connectivity index (χ3n) is 2.18. The summed E-state index contributed by atoms with van der Waals surface area (Å²) in [6.07, 6.45) is 4.42. The zero-order chi connectivity index (χ0) is 10.5. The molecule has 0 unspecified atom stereocenters. The van der Waals surface area contributed by atoms with Gasteiger partial charge in [-0.05, 0) is 24.6 Å². The van der Waals surface area contributed by atoms with Crippen LogP contribution in [0.4, 0.5) is 0 Å². The number of imidazole rings is 1. The fourth-order valence-corrected chi connectivity index (χ4v) is 1.47. The number of ether oxygens (including phenoxy) is 1. The summed E-state index contributed by atoms with van der Waals surface area (Å²) in [5.74, 6) is 0.922. The highest BCUT2D eigenvalue weighted by Crippen LogP contribution is 2.14. The van der Waals surface area contributed by atoms with Crippen molar-refractivity contribution in [1.82, 2.24) is 9.97 Å². The highest BCUT2D eigenvalue weighted by Gasteiger charge is 1.97. The van der Waals surface area contributed by atoms with Crippen LogP contribution in [0, 0.1) is 0 Å². The van der Waals surface area contributed by atoms with Crippen LogP contribution in [0.3, 0.4) is 0 Å². The summed E-state index contributed by atoms with van der Waals surface area (Å²) in [4.78, 5) is 7.07. The molecule has 0 radical (unpaired) electrons. The van der Waals surface area contributed by atoms with Crippen molar-refractivity contribution in [1.29, 1.82) is 0 Å². The molecule has 2 rings (SSSR count). The molecule has 0 bridgehead atoms. The van der Waals surface area contributed by atoms with Gasteiger partial charge in [0.2, 0.25) is 0 Å². The van der Waals surface area contributed by atoms with Crippen LogP contribution < -0.4 is 4.74 Å². The highest BCUT2D eigenvalue weighted by atomic mass is 16.5. The lowest BCUT2D eigenvalue weighted by atomic mass is 10.1. The summed E-state index contributed by atoms with van der Waals surface area (Å²) >= 11 is 0. The van der Waals surface area contributed by atoms with Gasteiger partial charge in [-0.2, -0.15) is 0 Å². The maximum Gasteiger partial charge on any atom is 0.119 e. The van der Waals surface area contributed by atoms with Crippen molar-refractivity contribution in [3.05, 3.63) is 48.0 Å². The number of nitrogens with zero attached hydrogens (tertiary/aromatic N) is 1. The molecule has 0 saturated heterocycles. The molecule has 3 nitrogen and oxygen atoms in total. The van der Waals surface area contributed by atoms with Gasteiger partial charge in [-0.3, -0.25) is 0 Å². The third kappa shape index (κ3) is 2.59. The molecule has 0 aliphatic rings. The summed E-state index contributed by atoms with van der Waals surface area (Å²) in [7, 11) is 0. The van der Waals surface area contributed by atoms with Gasteiger partial charge in [0.15, 0.2) is 0 Å². The van der Waals surface area contributed by atoms with Gasteiger partial charge < -0.3 is 9.72 Å². The average molecular weight is 202 g/mol. The number of aromatic amines is 1. The summed E-state index contributed by atoms with van der Waals surface area (Å²) in [6.45, 7) is 2.69. The Labute approximate surface area is 89.1 Å². The predicted octanol–water partition coefficient (Wildman–Crippen LogP) is 2.40. The van der Waals surface area contributed by atoms with Crippen molar-refractivity contribution in [2.45, 2.75) is 13.3 Å². The van der Waals surface area contributed by atoms with E-state index in [9.17, 15) is 0 Å². The van der Waals surface area contributed by atoms with Gasteiger partial charge in [0.05, 0.1) is 12.9 Å². The zero-order valence-corrected chi connectivity index (χ0v) is 8.73. The van der Waals surface area contributed by atoms with Gasteiger partial charge in [0.25, 0.3) is 0 Å². The molecule has 1 aromatic heterocycles. The number of benzene rings is 1. The SMILES string of the molecule is CCOc1ccc(Cc2cnc[nH]2)cc1. The molecule has 0 amide bonds. The second-order valence-corrected chi connectivity index (χ2v) is 3.33. The Hall–Kier alpha value is -1.77. The lowest BCUT2D eigenvalue weighted by Gasteiger charge is -2.03. The topological polar surface area (TPSA) is 37.9 Å². The highest BCUT2D eigenvalue weighted by molar-refractivity contribution is 5.29. The van der Waals surface area contributed by atoms with E-state index >= 15 is 0 Å². The number of aromatic nitrogens is 2. The van der Waals surface area contributed by atoms with E-state index in [4.69, 9.17) is 4.74 Å². The summed E-state index contributed by atoms with van der Waals surface area (Å²) in [5.41, 5.74) is 2.38. The van der Waals surface area contributed by atoms with E-state index in [0.717, 1.165) is 17.9 Å². The predicted molar refractivity (Wildman–Crippen MR) is 59.0 cm³/mol. The summed E-state index contributed by atoms with van der Waals surface area (Å²) in [6, 6.07) is 8.14. The van der Waals surface area contributed by atoms with Crippen LogP contribution in [0.25, 0.3) is 0 Å². The van der Waals surface area contributed by atoms with Crippen LogP contribution >= 0.6 is 0 Å². The zero-order valence-electron chi connectivity index (χ0n) is 8.73. The van der Waals surface area contributed by atoms with E-state index in [1.54, 1.807) is 6.33 Å². The summed E-state index contributed by atoms with van der Waals surface area (Å²) in [5, 5.41) is 0. The first kappa shape index (κ1) is 9.77. The largest absolute Gasteiger partial charge is 0.494 e. The molecule has 0 saturated carbocycles. The molecule has 2 aromatic rings. The van der Waals surface area contributed by atoms with Crippen LogP contribution in [0.2, 0.25) is 0 Å². The maximum atomic E-state index is 5.38. The monoisotopic (exact) mass is 202 g/mol. The first-order chi connectivity index (χ1) is 7.38. The number of hydrogen-bond acceptors (Lipinski definition) is 2. The molecule has 1 N–H and O–H groups in total. The van der Waals surface area contributed by atoms with Gasteiger partial charge >= 0.3 is 0 Å². The third-order valence-corrected chi connectivity index (χ3v) is 2.18. The fourth-order valence-electron chi connectivity index (χ4n) is 1.47. The molecular weight excluding hydrogens is 188 g/mol. The van der Waals surface area contributed by atoms with Crippen molar-refractivity contribution in [2.75, 3.05) is 6.61 Å². The van der Waals surface area contributed by atoms with Gasteiger partial charge in [-0.15, -0.1) is 0 Å². The van der Waals surface area contributed by atoms with Gasteiger partial charge in [-0.1, -0.05) is 12.1 Å². The Morgan fingerprint density at radius 2 is 2.07 bits per heavy atom. The molecule has 0 fully saturated rings. The number of hydrogen-bond donors (Lipinski definition) is 1. The van der Waals surface area contributed by atoms with Crippen molar-refractivity contribution < 1.29 is 4.74 Å². The minimum atomic E-state index is 0.708. The molecule has 1 aromatic carbocycles. The van der Waals surface area contributed by atoms with Crippen LogP contribution in [-0.4, -0.2) is 16.6 Å². The Balaban J connectivity index is 2.04. The average Bonchev–Trinajstić information content (AvgIpc) is 2.74. The number of H-pyrrole nitrogens is 1. The first-order valence-corrected chi connectivity index (χ1v) is 5.07. The second-order valence-electron chi connectivity index (χ2n) is 3.33. The van der Waals surface area contributed by atoms with Crippen molar-refractivity contribution in [2.24, 2.45) is 0 Å². The Morgan fingerprint density at radius 1 is 1.27 bits per heavy atom. The van der Waals surface area contributed by atoms with Crippen molar-refractivity contribution >= 4 is 0 Å². The lowest BCUT2D eigenvalue weighted by Crippen LogP contribution is -1.92. The molecular formula is C12H14N2O. The molecule has 0 aliphatic heterocycles. The quantitative estimate of drug-likeness (QED) is 0.826. The van der Waals surface area contributed by atoms with Gasteiger partial charge in [0.1, 0.15) is 5.75 Å². The van der Waals surface area contributed by atoms with Crippen molar-refractivity contribution in [3.63, 3.8) is 0 Å².